The van der Waals surface area contributed by atoms with Gasteiger partial charge in [0.1, 0.15) is 5.75 Å². The third-order valence-corrected chi connectivity index (χ3v) is 3.04. The van der Waals surface area contributed by atoms with Crippen molar-refractivity contribution in [3.8, 4) is 5.75 Å². The molecule has 0 fully saturated rings. The molecule has 0 radical (unpaired) electrons. The number of nitrogens with zero attached hydrogens (tertiary/aromatic N) is 1. The molecule has 1 aromatic carbocycles. The minimum atomic E-state index is -3.14. The zero-order valence-electron chi connectivity index (χ0n) is 9.66. The van der Waals surface area contributed by atoms with E-state index in [1.165, 1.54) is 30.9 Å². The van der Waals surface area contributed by atoms with Crippen molar-refractivity contribution in [2.75, 3.05) is 13.3 Å². The van der Waals surface area contributed by atoms with Crippen LogP contribution in [-0.2, 0) is 9.09 Å². The lowest BCUT2D eigenvalue weighted by atomic mass is 10.3. The summed E-state index contributed by atoms with van der Waals surface area (Å²) in [7, 11) is -3.14. The molecule has 0 aliphatic carbocycles. The Morgan fingerprint density at radius 1 is 1.35 bits per heavy atom. The van der Waals surface area contributed by atoms with Crippen molar-refractivity contribution in [1.29, 1.82) is 0 Å². The zero-order chi connectivity index (χ0) is 12.9. The molecule has 1 atom stereocenters. The van der Waals surface area contributed by atoms with Gasteiger partial charge in [0.2, 0.25) is 0 Å². The van der Waals surface area contributed by atoms with E-state index in [0.29, 0.717) is 6.61 Å². The molecule has 7 heteroatoms. The predicted molar refractivity (Wildman–Crippen MR) is 63.5 cm³/mol. The third-order valence-electron chi connectivity index (χ3n) is 1.85. The quantitative estimate of drug-likeness (QED) is 0.445. The molecule has 6 nitrogen and oxygen atoms in total. The molecule has 1 aromatic rings. The molecule has 0 bridgehead atoms. The molecule has 1 unspecified atom stereocenters. The Kier molecular flexibility index (Phi) is 4.66. The van der Waals surface area contributed by atoms with Gasteiger partial charge in [-0.15, -0.1) is 0 Å². The molecule has 94 valence electrons. The first-order chi connectivity index (χ1) is 7.94. The van der Waals surface area contributed by atoms with Crippen LogP contribution in [0.4, 0.5) is 5.69 Å². The lowest BCUT2D eigenvalue weighted by molar-refractivity contribution is -0.384. The van der Waals surface area contributed by atoms with Gasteiger partial charge in [0.15, 0.2) is 0 Å². The van der Waals surface area contributed by atoms with Gasteiger partial charge < -0.3 is 4.52 Å². The zero-order valence-corrected chi connectivity index (χ0v) is 10.6. The second-order valence-corrected chi connectivity index (χ2v) is 5.43. The van der Waals surface area contributed by atoms with Gasteiger partial charge in [-0.1, -0.05) is 6.92 Å². The van der Waals surface area contributed by atoms with Gasteiger partial charge in [-0.25, -0.2) is 4.57 Å². The second kappa shape index (κ2) is 5.80. The molecule has 0 aromatic heterocycles. The van der Waals surface area contributed by atoms with Crippen molar-refractivity contribution in [1.82, 2.24) is 0 Å². The predicted octanol–water partition coefficient (Wildman–Crippen LogP) is 3.22. The minimum Gasteiger partial charge on any atom is -0.425 e. The lowest BCUT2D eigenvalue weighted by Crippen LogP contribution is -1.97. The average Bonchev–Trinajstić information content (AvgIpc) is 2.26. The average molecular weight is 259 g/mol. The summed E-state index contributed by atoms with van der Waals surface area (Å²) in [5.41, 5.74) is -0.0437. The van der Waals surface area contributed by atoms with Crippen molar-refractivity contribution >= 4 is 13.3 Å². The molecule has 0 aliphatic heterocycles. The van der Waals surface area contributed by atoms with Crippen LogP contribution in [-0.4, -0.2) is 18.2 Å². The van der Waals surface area contributed by atoms with E-state index >= 15 is 0 Å². The third kappa shape index (κ3) is 4.54. The number of nitro benzene ring substituents is 1. The van der Waals surface area contributed by atoms with Crippen molar-refractivity contribution < 1.29 is 18.5 Å². The smallest absolute Gasteiger partial charge is 0.376 e. The highest BCUT2D eigenvalue weighted by Gasteiger charge is 2.18. The fourth-order valence-electron chi connectivity index (χ4n) is 1.10. The summed E-state index contributed by atoms with van der Waals surface area (Å²) in [6.07, 6.45) is 0.738. The van der Waals surface area contributed by atoms with Crippen molar-refractivity contribution in [2.45, 2.75) is 13.3 Å². The van der Waals surface area contributed by atoms with Crippen molar-refractivity contribution in [3.05, 3.63) is 34.4 Å². The van der Waals surface area contributed by atoms with Crippen molar-refractivity contribution in [3.63, 3.8) is 0 Å². The first-order valence-electron chi connectivity index (χ1n) is 5.10. The Labute approximate surface area is 99.2 Å². The molecule has 0 saturated carbocycles. The van der Waals surface area contributed by atoms with E-state index < -0.39 is 12.5 Å². The van der Waals surface area contributed by atoms with Crippen LogP contribution in [0.5, 0.6) is 5.75 Å². The molecule has 0 amide bonds. The minimum absolute atomic E-state index is 0.0437. The molecule has 17 heavy (non-hydrogen) atoms. The monoisotopic (exact) mass is 259 g/mol. The highest BCUT2D eigenvalue weighted by molar-refractivity contribution is 7.53. The second-order valence-electron chi connectivity index (χ2n) is 3.45. The fraction of sp³-hybridized carbons (Fsp3) is 0.400. The molecule has 0 saturated heterocycles. The summed E-state index contributed by atoms with van der Waals surface area (Å²) in [5, 5.41) is 10.4. The maximum Gasteiger partial charge on any atom is 0.376 e. The summed E-state index contributed by atoms with van der Waals surface area (Å²) >= 11 is 0. The summed E-state index contributed by atoms with van der Waals surface area (Å²) in [6.45, 7) is 3.61. The summed E-state index contributed by atoms with van der Waals surface area (Å²) in [4.78, 5) is 9.91. The van der Waals surface area contributed by atoms with E-state index in [9.17, 15) is 14.7 Å². The van der Waals surface area contributed by atoms with Crippen LogP contribution >= 0.6 is 7.60 Å². The Bertz CT molecular complexity index is 431. The molecule has 0 heterocycles. The Morgan fingerprint density at radius 3 is 2.41 bits per heavy atom. The number of nitro groups is 1. The van der Waals surface area contributed by atoms with E-state index in [4.69, 9.17) is 9.05 Å². The number of non-ortho nitro benzene ring substituents is 1. The number of benzene rings is 1. The van der Waals surface area contributed by atoms with Gasteiger partial charge in [0.05, 0.1) is 11.5 Å². The highest BCUT2D eigenvalue weighted by Crippen LogP contribution is 2.44. The Hall–Kier alpha value is -1.39. The Morgan fingerprint density at radius 2 is 1.94 bits per heavy atom. The van der Waals surface area contributed by atoms with E-state index in [-0.39, 0.29) is 11.4 Å². The molecular formula is C10H14NO5P. The van der Waals surface area contributed by atoms with Gasteiger partial charge >= 0.3 is 7.60 Å². The van der Waals surface area contributed by atoms with Crippen LogP contribution in [0.25, 0.3) is 0 Å². The molecule has 0 N–H and O–H groups in total. The maximum absolute atomic E-state index is 11.8. The number of rotatable bonds is 6. The van der Waals surface area contributed by atoms with Crippen LogP contribution in [0.3, 0.4) is 0 Å². The van der Waals surface area contributed by atoms with Crippen LogP contribution in [0, 0.1) is 10.1 Å². The largest absolute Gasteiger partial charge is 0.425 e. The van der Waals surface area contributed by atoms with Crippen LogP contribution < -0.4 is 4.52 Å². The first-order valence-corrected chi connectivity index (χ1v) is 7.09. The fourth-order valence-corrected chi connectivity index (χ4v) is 2.18. The van der Waals surface area contributed by atoms with Gasteiger partial charge in [0, 0.05) is 18.8 Å². The number of hydrogen-bond donors (Lipinski definition) is 0. The Balaban J connectivity index is 2.68. The normalized spacial score (nSPS) is 14.0. The van der Waals surface area contributed by atoms with Gasteiger partial charge in [-0.2, -0.15) is 0 Å². The van der Waals surface area contributed by atoms with Crippen molar-refractivity contribution in [2.24, 2.45) is 0 Å². The van der Waals surface area contributed by atoms with Gasteiger partial charge in [-0.05, 0) is 18.6 Å². The SMILES string of the molecule is CCCOP(C)(=O)Oc1ccc([N+](=O)[O-])cc1. The van der Waals surface area contributed by atoms with E-state index in [0.717, 1.165) is 6.42 Å². The van der Waals surface area contributed by atoms with Gasteiger partial charge in [0.25, 0.3) is 5.69 Å². The summed E-state index contributed by atoms with van der Waals surface area (Å²) < 4.78 is 22.0. The highest BCUT2D eigenvalue weighted by atomic mass is 31.2. The molecule has 0 spiro atoms. The lowest BCUT2D eigenvalue weighted by Gasteiger charge is -2.14. The van der Waals surface area contributed by atoms with Crippen LogP contribution in [0.15, 0.2) is 24.3 Å². The molecule has 1 rings (SSSR count). The summed E-state index contributed by atoms with van der Waals surface area (Å²) in [5.74, 6) is 0.289. The van der Waals surface area contributed by atoms with E-state index in [2.05, 4.69) is 0 Å². The van der Waals surface area contributed by atoms with E-state index in [1.54, 1.807) is 0 Å². The molecule has 0 aliphatic rings. The first kappa shape index (κ1) is 13.7. The summed E-state index contributed by atoms with van der Waals surface area (Å²) in [6, 6.07) is 5.36. The topological polar surface area (TPSA) is 78.7 Å². The maximum atomic E-state index is 11.8. The standard InChI is InChI=1S/C10H14NO5P/c1-3-8-15-17(2,14)16-10-6-4-9(5-7-10)11(12)13/h4-7H,3,8H2,1-2H3. The number of hydrogen-bond acceptors (Lipinski definition) is 5. The van der Waals surface area contributed by atoms with Crippen LogP contribution in [0.1, 0.15) is 13.3 Å². The molecular weight excluding hydrogens is 245 g/mol. The van der Waals surface area contributed by atoms with E-state index in [1.807, 2.05) is 6.92 Å². The van der Waals surface area contributed by atoms with Gasteiger partial charge in [-0.3, -0.25) is 14.6 Å². The van der Waals surface area contributed by atoms with Crippen LogP contribution in [0.2, 0.25) is 0 Å².